The maximum Gasteiger partial charge on any atom is 0.159 e. The summed E-state index contributed by atoms with van der Waals surface area (Å²) in [5.74, 6) is 0.825. The van der Waals surface area contributed by atoms with E-state index in [1.165, 1.54) is 11.8 Å². The van der Waals surface area contributed by atoms with Crippen molar-refractivity contribution in [3.8, 4) is 0 Å². The van der Waals surface area contributed by atoms with Crippen molar-refractivity contribution >= 4 is 0 Å². The van der Waals surface area contributed by atoms with Gasteiger partial charge in [0.25, 0.3) is 0 Å². The monoisotopic (exact) mass is 219 g/mol. The van der Waals surface area contributed by atoms with Gasteiger partial charge < -0.3 is 14.8 Å². The molecule has 0 radical (unpaired) electrons. The molecule has 1 N–H and O–H groups in total. The van der Waals surface area contributed by atoms with Crippen LogP contribution in [0.1, 0.15) is 19.8 Å². The first-order valence-electron chi connectivity index (χ1n) is 5.68. The van der Waals surface area contributed by atoms with E-state index in [1.54, 1.807) is 12.5 Å². The van der Waals surface area contributed by atoms with Gasteiger partial charge in [0.1, 0.15) is 18.8 Å². The molecule has 1 atom stereocenters. The molecule has 0 saturated carbocycles. The molecule has 86 valence electrons. The first-order valence-corrected chi connectivity index (χ1v) is 5.68. The zero-order valence-electron chi connectivity index (χ0n) is 9.48. The van der Waals surface area contributed by atoms with E-state index in [0.29, 0.717) is 0 Å². The summed E-state index contributed by atoms with van der Waals surface area (Å²) in [5, 5.41) is 3.41. The lowest BCUT2D eigenvalue weighted by Gasteiger charge is -2.24. The van der Waals surface area contributed by atoms with Gasteiger partial charge in [-0.25, -0.2) is 0 Å². The van der Waals surface area contributed by atoms with Crippen LogP contribution in [-0.4, -0.2) is 12.6 Å². The lowest BCUT2D eigenvalue weighted by atomic mass is 9.96. The highest BCUT2D eigenvalue weighted by molar-refractivity contribution is 5.29. The van der Waals surface area contributed by atoms with Gasteiger partial charge in [-0.2, -0.15) is 0 Å². The molecule has 0 aromatic carbocycles. The van der Waals surface area contributed by atoms with E-state index in [9.17, 15) is 0 Å². The van der Waals surface area contributed by atoms with Crippen LogP contribution >= 0.6 is 0 Å². The van der Waals surface area contributed by atoms with Gasteiger partial charge in [0.2, 0.25) is 0 Å². The lowest BCUT2D eigenvalue weighted by Crippen LogP contribution is -2.34. The third-order valence-corrected chi connectivity index (χ3v) is 2.63. The Morgan fingerprint density at radius 3 is 3.00 bits per heavy atom. The largest absolute Gasteiger partial charge is 0.466 e. The van der Waals surface area contributed by atoms with E-state index in [1.807, 2.05) is 0 Å². The van der Waals surface area contributed by atoms with Crippen LogP contribution in [-0.2, 0) is 9.47 Å². The fraction of sp³-hybridized carbons (Fsp3) is 0.385. The van der Waals surface area contributed by atoms with Gasteiger partial charge in [-0.15, -0.1) is 0 Å². The molecule has 1 aliphatic heterocycles. The van der Waals surface area contributed by atoms with Crippen molar-refractivity contribution in [1.29, 1.82) is 0 Å². The van der Waals surface area contributed by atoms with Crippen molar-refractivity contribution in [3.63, 3.8) is 0 Å². The van der Waals surface area contributed by atoms with Crippen molar-refractivity contribution in [3.05, 3.63) is 48.3 Å². The van der Waals surface area contributed by atoms with Gasteiger partial charge in [-0.1, -0.05) is 25.2 Å². The summed E-state index contributed by atoms with van der Waals surface area (Å²) in [4.78, 5) is 0. The molecule has 0 spiro atoms. The van der Waals surface area contributed by atoms with E-state index in [4.69, 9.17) is 9.47 Å². The molecule has 0 amide bonds. The second-order valence-electron chi connectivity index (χ2n) is 3.75. The minimum atomic E-state index is 0.125. The summed E-state index contributed by atoms with van der Waals surface area (Å²) < 4.78 is 10.6. The molecule has 16 heavy (non-hydrogen) atoms. The zero-order valence-corrected chi connectivity index (χ0v) is 9.48. The highest BCUT2D eigenvalue weighted by Crippen LogP contribution is 2.23. The zero-order chi connectivity index (χ0) is 11.2. The standard InChI is InChI=1S/C13H17NO2/c1-2-14-13(11-6-4-3-5-7-11)12-10-15-8-9-16-12/h3-4,6,8-10,13-14H,2,5,7H2,1H3. The Balaban J connectivity index is 2.12. The topological polar surface area (TPSA) is 30.5 Å². The SMILES string of the molecule is CCNC(C1=CC=CCC1)C1=COC=CO1. The molecule has 1 unspecified atom stereocenters. The number of hydrogen-bond acceptors (Lipinski definition) is 3. The molecule has 0 saturated heterocycles. The molecule has 0 fully saturated rings. The molecule has 0 bridgehead atoms. The maximum atomic E-state index is 5.47. The molecule has 3 nitrogen and oxygen atoms in total. The van der Waals surface area contributed by atoms with Crippen LogP contribution < -0.4 is 5.32 Å². The first kappa shape index (κ1) is 11.0. The van der Waals surface area contributed by atoms with E-state index in [2.05, 4.69) is 30.5 Å². The molecule has 0 aromatic rings. The van der Waals surface area contributed by atoms with Crippen LogP contribution in [0.25, 0.3) is 0 Å². The van der Waals surface area contributed by atoms with Crippen LogP contribution in [0.3, 0.4) is 0 Å². The summed E-state index contributed by atoms with van der Waals surface area (Å²) in [6.45, 7) is 2.99. The fourth-order valence-electron chi connectivity index (χ4n) is 1.89. The number of hydrogen-bond donors (Lipinski definition) is 1. The summed E-state index contributed by atoms with van der Waals surface area (Å²) >= 11 is 0. The van der Waals surface area contributed by atoms with Gasteiger partial charge >= 0.3 is 0 Å². The normalized spacial score (nSPS) is 20.6. The third kappa shape index (κ3) is 2.55. The smallest absolute Gasteiger partial charge is 0.159 e. The molecule has 1 aliphatic carbocycles. The Bertz CT molecular complexity index is 353. The molecule has 1 heterocycles. The molecule has 2 aliphatic rings. The van der Waals surface area contributed by atoms with Crippen LogP contribution in [0.4, 0.5) is 0 Å². The van der Waals surface area contributed by atoms with Crippen molar-refractivity contribution < 1.29 is 9.47 Å². The molecule has 3 heteroatoms. The summed E-state index contributed by atoms with van der Waals surface area (Å²) in [7, 11) is 0. The maximum absolute atomic E-state index is 5.47. The van der Waals surface area contributed by atoms with Crippen LogP contribution in [0.2, 0.25) is 0 Å². The van der Waals surface area contributed by atoms with Gasteiger partial charge in [0.05, 0.1) is 6.04 Å². The molecular formula is C13H17NO2. The molecule has 0 aromatic heterocycles. The predicted molar refractivity (Wildman–Crippen MR) is 63.3 cm³/mol. The Morgan fingerprint density at radius 2 is 2.38 bits per heavy atom. The van der Waals surface area contributed by atoms with Gasteiger partial charge in [0.15, 0.2) is 5.76 Å². The van der Waals surface area contributed by atoms with Crippen LogP contribution in [0, 0.1) is 0 Å². The number of ether oxygens (including phenoxy) is 2. The summed E-state index contributed by atoms with van der Waals surface area (Å²) in [5.41, 5.74) is 1.34. The Labute approximate surface area is 96.1 Å². The highest BCUT2D eigenvalue weighted by atomic mass is 16.5. The van der Waals surface area contributed by atoms with Gasteiger partial charge in [-0.3, -0.25) is 0 Å². The number of allylic oxidation sites excluding steroid dienone is 3. The van der Waals surface area contributed by atoms with E-state index in [0.717, 1.165) is 25.1 Å². The second-order valence-corrected chi connectivity index (χ2v) is 3.75. The van der Waals surface area contributed by atoms with Crippen molar-refractivity contribution in [2.24, 2.45) is 0 Å². The predicted octanol–water partition coefficient (Wildman–Crippen LogP) is 2.60. The number of nitrogens with one attached hydrogen (secondary N) is 1. The average Bonchev–Trinajstić information content (AvgIpc) is 2.38. The first-order chi connectivity index (χ1) is 7.92. The van der Waals surface area contributed by atoms with Gasteiger partial charge in [-0.05, 0) is 25.0 Å². The van der Waals surface area contributed by atoms with Crippen molar-refractivity contribution in [1.82, 2.24) is 5.32 Å². The van der Waals surface area contributed by atoms with E-state index < -0.39 is 0 Å². The summed E-state index contributed by atoms with van der Waals surface area (Å²) in [6, 6.07) is 0.125. The van der Waals surface area contributed by atoms with Crippen molar-refractivity contribution in [2.75, 3.05) is 6.54 Å². The minimum absolute atomic E-state index is 0.125. The Hall–Kier alpha value is -1.48. The average molecular weight is 219 g/mol. The fourth-order valence-corrected chi connectivity index (χ4v) is 1.89. The molecular weight excluding hydrogens is 202 g/mol. The quantitative estimate of drug-likeness (QED) is 0.788. The van der Waals surface area contributed by atoms with E-state index >= 15 is 0 Å². The lowest BCUT2D eigenvalue weighted by molar-refractivity contribution is 0.233. The third-order valence-electron chi connectivity index (χ3n) is 2.63. The van der Waals surface area contributed by atoms with Gasteiger partial charge in [0, 0.05) is 0 Å². The second kappa shape index (κ2) is 5.56. The number of rotatable bonds is 4. The summed E-state index contributed by atoms with van der Waals surface area (Å²) in [6.07, 6.45) is 13.4. The van der Waals surface area contributed by atoms with Crippen molar-refractivity contribution in [2.45, 2.75) is 25.8 Å². The molecule has 2 rings (SSSR count). The highest BCUT2D eigenvalue weighted by Gasteiger charge is 2.21. The Morgan fingerprint density at radius 1 is 1.44 bits per heavy atom. The number of likely N-dealkylation sites (N-methyl/N-ethyl adjacent to an activating group) is 1. The Kier molecular flexibility index (Phi) is 3.83. The minimum Gasteiger partial charge on any atom is -0.466 e. The van der Waals surface area contributed by atoms with Crippen LogP contribution in [0.15, 0.2) is 48.3 Å². The van der Waals surface area contributed by atoms with E-state index in [-0.39, 0.29) is 6.04 Å². The van der Waals surface area contributed by atoms with Crippen LogP contribution in [0.5, 0.6) is 0 Å².